The molecule has 0 aliphatic heterocycles. The van der Waals surface area contributed by atoms with Crippen molar-refractivity contribution in [3.05, 3.63) is 83.7 Å². The molecular formula is C26H27N5O2S. The highest BCUT2D eigenvalue weighted by molar-refractivity contribution is 7.99. The van der Waals surface area contributed by atoms with E-state index in [2.05, 4.69) is 20.8 Å². The first-order chi connectivity index (χ1) is 16.5. The predicted octanol–water partition coefficient (Wildman–Crippen LogP) is 4.98. The van der Waals surface area contributed by atoms with Crippen LogP contribution >= 0.6 is 11.8 Å². The molecule has 4 aromatic rings. The molecule has 4 rings (SSSR count). The molecule has 0 unspecified atom stereocenters. The second-order valence-electron chi connectivity index (χ2n) is 7.96. The molecule has 0 saturated carbocycles. The lowest BCUT2D eigenvalue weighted by Gasteiger charge is -2.16. The van der Waals surface area contributed by atoms with E-state index in [4.69, 9.17) is 0 Å². The highest BCUT2D eigenvalue weighted by Gasteiger charge is 2.21. The molecule has 7 nitrogen and oxygen atoms in total. The fourth-order valence-corrected chi connectivity index (χ4v) is 4.65. The van der Waals surface area contributed by atoms with Crippen molar-refractivity contribution >= 4 is 40.0 Å². The van der Waals surface area contributed by atoms with E-state index >= 15 is 0 Å². The van der Waals surface area contributed by atoms with Gasteiger partial charge in [-0.25, -0.2) is 0 Å². The Hall–Kier alpha value is -3.65. The molecule has 3 aromatic carbocycles. The van der Waals surface area contributed by atoms with Crippen molar-refractivity contribution < 1.29 is 9.59 Å². The number of carbonyl (C=O) groups excluding carboxylic acids is 2. The zero-order chi connectivity index (χ0) is 24.1. The molecule has 2 amide bonds. The summed E-state index contributed by atoms with van der Waals surface area (Å²) >= 11 is 1.32. The summed E-state index contributed by atoms with van der Waals surface area (Å²) in [6, 6.07) is 20.9. The first-order valence-electron chi connectivity index (χ1n) is 11.2. The highest BCUT2D eigenvalue weighted by Crippen LogP contribution is 2.25. The van der Waals surface area contributed by atoms with Gasteiger partial charge in [0.15, 0.2) is 11.0 Å². The summed E-state index contributed by atoms with van der Waals surface area (Å²) in [6.45, 7) is 6.41. The molecule has 0 aliphatic carbocycles. The number of fused-ring (bicyclic) bond motifs is 1. The number of rotatable bonds is 8. The number of anilines is 1. The number of aromatic nitrogens is 3. The minimum Gasteiger partial charge on any atom is -0.342 e. The number of benzene rings is 3. The molecule has 34 heavy (non-hydrogen) atoms. The van der Waals surface area contributed by atoms with Gasteiger partial charge in [0.2, 0.25) is 5.91 Å². The molecule has 0 saturated heterocycles. The Morgan fingerprint density at radius 2 is 1.74 bits per heavy atom. The molecule has 0 spiro atoms. The van der Waals surface area contributed by atoms with Gasteiger partial charge in [-0.3, -0.25) is 9.59 Å². The quantitative estimate of drug-likeness (QED) is 0.352. The van der Waals surface area contributed by atoms with Crippen LogP contribution in [0.2, 0.25) is 0 Å². The van der Waals surface area contributed by atoms with Gasteiger partial charge in [0.05, 0.1) is 11.8 Å². The largest absolute Gasteiger partial charge is 0.342 e. The normalized spacial score (nSPS) is 11.9. The van der Waals surface area contributed by atoms with Crippen LogP contribution in [0.5, 0.6) is 0 Å². The second kappa shape index (κ2) is 10.5. The molecule has 0 radical (unpaired) electrons. The Balaban J connectivity index is 1.41. The zero-order valence-corrected chi connectivity index (χ0v) is 20.2. The number of thioether (sulfide) groups is 1. The molecule has 0 fully saturated rings. The molecule has 2 N–H and O–H groups in total. The fraction of sp³-hybridized carbons (Fsp3) is 0.231. The van der Waals surface area contributed by atoms with Gasteiger partial charge in [0, 0.05) is 23.2 Å². The highest BCUT2D eigenvalue weighted by atomic mass is 32.2. The van der Waals surface area contributed by atoms with Crippen LogP contribution in [0.4, 0.5) is 5.69 Å². The Morgan fingerprint density at radius 1 is 1.00 bits per heavy atom. The summed E-state index contributed by atoms with van der Waals surface area (Å²) in [4.78, 5) is 25.4. The van der Waals surface area contributed by atoms with Crippen molar-refractivity contribution in [1.82, 2.24) is 20.1 Å². The number of amides is 2. The summed E-state index contributed by atoms with van der Waals surface area (Å²) in [5.41, 5.74) is 2.34. The third-order valence-electron chi connectivity index (χ3n) is 5.58. The maximum Gasteiger partial charge on any atom is 0.252 e. The molecule has 1 atom stereocenters. The van der Waals surface area contributed by atoms with E-state index in [0.29, 0.717) is 23.1 Å². The molecular weight excluding hydrogens is 446 g/mol. The monoisotopic (exact) mass is 473 g/mol. The summed E-state index contributed by atoms with van der Waals surface area (Å²) < 4.78 is 1.93. The number of nitrogens with one attached hydrogen (secondary N) is 2. The Bertz CT molecular complexity index is 1330. The average molecular weight is 474 g/mol. The number of nitrogens with zero attached hydrogens (tertiary/aromatic N) is 3. The first kappa shape index (κ1) is 23.5. The Kier molecular flexibility index (Phi) is 7.27. The molecule has 8 heteroatoms. The SMILES string of the molecule is CCn1c(SCC(=O)Nc2cccc3ccccc23)nnc1[C@H](C)NC(=O)c1ccccc1C. The van der Waals surface area contributed by atoms with Gasteiger partial charge >= 0.3 is 0 Å². The lowest BCUT2D eigenvalue weighted by atomic mass is 10.1. The van der Waals surface area contributed by atoms with Crippen LogP contribution in [0.25, 0.3) is 10.8 Å². The number of carbonyl (C=O) groups is 2. The minimum atomic E-state index is -0.335. The topological polar surface area (TPSA) is 88.9 Å². The van der Waals surface area contributed by atoms with Gasteiger partial charge in [-0.15, -0.1) is 10.2 Å². The van der Waals surface area contributed by atoms with Crippen molar-refractivity contribution in [2.75, 3.05) is 11.1 Å². The first-order valence-corrected chi connectivity index (χ1v) is 12.2. The van der Waals surface area contributed by atoms with Crippen molar-refractivity contribution in [2.45, 2.75) is 38.5 Å². The predicted molar refractivity (Wildman–Crippen MR) is 136 cm³/mol. The second-order valence-corrected chi connectivity index (χ2v) is 8.90. The van der Waals surface area contributed by atoms with Gasteiger partial charge in [-0.2, -0.15) is 0 Å². The summed E-state index contributed by atoms with van der Waals surface area (Å²) in [7, 11) is 0. The smallest absolute Gasteiger partial charge is 0.252 e. The van der Waals surface area contributed by atoms with E-state index in [1.54, 1.807) is 6.07 Å². The molecule has 0 aliphatic rings. The van der Waals surface area contributed by atoms with Gasteiger partial charge in [-0.05, 0) is 43.9 Å². The van der Waals surface area contributed by atoms with Gasteiger partial charge in [-0.1, -0.05) is 66.4 Å². The Labute approximate surface area is 203 Å². The van der Waals surface area contributed by atoms with Crippen molar-refractivity contribution in [1.29, 1.82) is 0 Å². The molecule has 1 aromatic heterocycles. The van der Waals surface area contributed by atoms with Crippen LogP contribution in [-0.4, -0.2) is 32.3 Å². The molecule has 1 heterocycles. The lowest BCUT2D eigenvalue weighted by molar-refractivity contribution is -0.113. The van der Waals surface area contributed by atoms with Crippen LogP contribution in [0, 0.1) is 6.92 Å². The third-order valence-corrected chi connectivity index (χ3v) is 6.55. The summed E-state index contributed by atoms with van der Waals surface area (Å²) in [5.74, 6) is 0.585. The zero-order valence-electron chi connectivity index (χ0n) is 19.4. The molecule has 174 valence electrons. The number of hydrogen-bond acceptors (Lipinski definition) is 5. The summed E-state index contributed by atoms with van der Waals surface area (Å²) in [6.07, 6.45) is 0. The van der Waals surface area contributed by atoms with Gasteiger partial charge in [0.1, 0.15) is 0 Å². The molecule has 0 bridgehead atoms. The van der Waals surface area contributed by atoms with Crippen LogP contribution in [0.3, 0.4) is 0 Å². The third kappa shape index (κ3) is 5.12. The fourth-order valence-electron chi connectivity index (χ4n) is 3.84. The maximum atomic E-state index is 12.7. The van der Waals surface area contributed by atoms with Crippen LogP contribution < -0.4 is 10.6 Å². The van der Waals surface area contributed by atoms with Crippen molar-refractivity contribution in [3.8, 4) is 0 Å². The van der Waals surface area contributed by atoms with E-state index < -0.39 is 0 Å². The Morgan fingerprint density at radius 3 is 2.53 bits per heavy atom. The van der Waals surface area contributed by atoms with Crippen LogP contribution in [-0.2, 0) is 11.3 Å². The van der Waals surface area contributed by atoms with E-state index in [0.717, 1.165) is 22.0 Å². The van der Waals surface area contributed by atoms with Crippen LogP contribution in [0.15, 0.2) is 71.9 Å². The van der Waals surface area contributed by atoms with Gasteiger partial charge < -0.3 is 15.2 Å². The van der Waals surface area contributed by atoms with E-state index in [9.17, 15) is 9.59 Å². The average Bonchev–Trinajstić information content (AvgIpc) is 3.26. The maximum absolute atomic E-state index is 12.7. The van der Waals surface area contributed by atoms with Gasteiger partial charge in [0.25, 0.3) is 5.91 Å². The van der Waals surface area contributed by atoms with Crippen molar-refractivity contribution in [2.24, 2.45) is 0 Å². The van der Waals surface area contributed by atoms with Crippen molar-refractivity contribution in [3.63, 3.8) is 0 Å². The number of hydrogen-bond donors (Lipinski definition) is 2. The summed E-state index contributed by atoms with van der Waals surface area (Å²) in [5, 5.41) is 17.3. The lowest BCUT2D eigenvalue weighted by Crippen LogP contribution is -2.29. The van der Waals surface area contributed by atoms with E-state index in [1.165, 1.54) is 11.8 Å². The number of aryl methyl sites for hydroxylation is 1. The minimum absolute atomic E-state index is 0.116. The standard InChI is InChI=1S/C26H27N5O2S/c1-4-31-24(18(3)27-25(33)20-13-7-5-10-17(20)2)29-30-26(31)34-16-23(32)28-22-15-9-12-19-11-6-8-14-21(19)22/h5-15,18H,4,16H2,1-3H3,(H,27,33)(H,28,32)/t18-/m0/s1. The van der Waals surface area contributed by atoms with Crippen LogP contribution in [0.1, 0.15) is 41.6 Å². The van der Waals surface area contributed by atoms with E-state index in [1.807, 2.05) is 86.0 Å². The van der Waals surface area contributed by atoms with E-state index in [-0.39, 0.29) is 23.6 Å².